The largest absolute Gasteiger partial charge is 0.434 e. The number of amides is 1. The van der Waals surface area contributed by atoms with E-state index in [1.807, 2.05) is 44.2 Å². The van der Waals surface area contributed by atoms with Gasteiger partial charge in [-0.15, -0.1) is 24.0 Å². The molecule has 2 aromatic rings. The molecular formula is C22H29F2IN4O2. The second-order valence-corrected chi connectivity index (χ2v) is 6.43. The van der Waals surface area contributed by atoms with Crippen LogP contribution in [-0.2, 0) is 17.9 Å². The van der Waals surface area contributed by atoms with Crippen LogP contribution in [0.25, 0.3) is 0 Å². The molecular weight excluding hydrogens is 517 g/mol. The standard InChI is InChI=1S/C22H28F2N4O2.HI/c1-3-25-22(26-14-18-12-8-9-13-19(18)30-21(23)24)27-15-20(29)28(4-2)16-17-10-6-5-7-11-17;/h5-13,21H,3-4,14-16H2,1-2H3,(H2,25,26,27);1H. The van der Waals surface area contributed by atoms with E-state index >= 15 is 0 Å². The van der Waals surface area contributed by atoms with Crippen LogP contribution < -0.4 is 15.4 Å². The Morgan fingerprint density at radius 3 is 2.39 bits per heavy atom. The number of halogens is 3. The van der Waals surface area contributed by atoms with Gasteiger partial charge in [-0.3, -0.25) is 4.79 Å². The summed E-state index contributed by atoms with van der Waals surface area (Å²) in [5, 5.41) is 6.06. The molecule has 0 bridgehead atoms. The number of guanidine groups is 1. The van der Waals surface area contributed by atoms with E-state index in [4.69, 9.17) is 0 Å². The third kappa shape index (κ3) is 9.50. The van der Waals surface area contributed by atoms with Gasteiger partial charge in [0.15, 0.2) is 5.96 Å². The van der Waals surface area contributed by atoms with Crippen molar-refractivity contribution in [1.82, 2.24) is 15.5 Å². The molecule has 2 rings (SSSR count). The molecule has 0 aliphatic heterocycles. The lowest BCUT2D eigenvalue weighted by Crippen LogP contribution is -2.44. The van der Waals surface area contributed by atoms with Crippen molar-refractivity contribution < 1.29 is 18.3 Å². The lowest BCUT2D eigenvalue weighted by Gasteiger charge is -2.22. The fourth-order valence-electron chi connectivity index (χ4n) is 2.80. The molecule has 9 heteroatoms. The number of benzene rings is 2. The number of rotatable bonds is 10. The molecule has 170 valence electrons. The van der Waals surface area contributed by atoms with Gasteiger partial charge in [-0.1, -0.05) is 48.5 Å². The molecule has 0 radical (unpaired) electrons. The van der Waals surface area contributed by atoms with Gasteiger partial charge in [0.05, 0.1) is 13.1 Å². The third-order valence-corrected chi connectivity index (χ3v) is 4.30. The van der Waals surface area contributed by atoms with E-state index in [1.54, 1.807) is 23.1 Å². The maximum Gasteiger partial charge on any atom is 0.387 e. The van der Waals surface area contributed by atoms with Crippen molar-refractivity contribution in [2.75, 3.05) is 19.6 Å². The van der Waals surface area contributed by atoms with Crippen LogP contribution >= 0.6 is 24.0 Å². The predicted octanol–water partition coefficient (Wildman–Crippen LogP) is 4.01. The van der Waals surface area contributed by atoms with Crippen molar-refractivity contribution in [3.63, 3.8) is 0 Å². The first-order valence-electron chi connectivity index (χ1n) is 9.90. The number of alkyl halides is 2. The Balaban J connectivity index is 0.00000480. The highest BCUT2D eigenvalue weighted by atomic mass is 127. The summed E-state index contributed by atoms with van der Waals surface area (Å²) < 4.78 is 29.7. The molecule has 0 aliphatic rings. The van der Waals surface area contributed by atoms with Gasteiger partial charge in [0, 0.05) is 25.2 Å². The number of hydrogen-bond acceptors (Lipinski definition) is 3. The molecule has 2 aromatic carbocycles. The first-order chi connectivity index (χ1) is 14.5. The van der Waals surface area contributed by atoms with Crippen molar-refractivity contribution in [3.05, 3.63) is 65.7 Å². The van der Waals surface area contributed by atoms with E-state index in [1.165, 1.54) is 6.07 Å². The minimum Gasteiger partial charge on any atom is -0.434 e. The summed E-state index contributed by atoms with van der Waals surface area (Å²) in [6.45, 7) is 2.85. The van der Waals surface area contributed by atoms with Crippen LogP contribution in [0.4, 0.5) is 8.78 Å². The van der Waals surface area contributed by atoms with Gasteiger partial charge in [-0.05, 0) is 25.5 Å². The van der Waals surface area contributed by atoms with Crippen molar-refractivity contribution in [3.8, 4) is 5.75 Å². The quantitative estimate of drug-likeness (QED) is 0.269. The molecule has 0 atom stereocenters. The molecule has 31 heavy (non-hydrogen) atoms. The normalized spacial score (nSPS) is 10.9. The monoisotopic (exact) mass is 546 g/mol. The summed E-state index contributed by atoms with van der Waals surface area (Å²) in [6.07, 6.45) is 0. The van der Waals surface area contributed by atoms with Crippen molar-refractivity contribution in [2.45, 2.75) is 33.5 Å². The van der Waals surface area contributed by atoms with Gasteiger partial charge < -0.3 is 20.3 Å². The third-order valence-electron chi connectivity index (χ3n) is 4.30. The van der Waals surface area contributed by atoms with E-state index in [2.05, 4.69) is 20.4 Å². The van der Waals surface area contributed by atoms with E-state index in [0.717, 1.165) is 5.56 Å². The topological polar surface area (TPSA) is 66.0 Å². The smallest absolute Gasteiger partial charge is 0.387 e. The lowest BCUT2D eigenvalue weighted by molar-refractivity contribution is -0.130. The molecule has 0 heterocycles. The molecule has 6 nitrogen and oxygen atoms in total. The average molecular weight is 546 g/mol. The summed E-state index contributed by atoms with van der Waals surface area (Å²) in [4.78, 5) is 18.8. The van der Waals surface area contributed by atoms with Crippen molar-refractivity contribution in [2.24, 2.45) is 4.99 Å². The molecule has 1 amide bonds. The van der Waals surface area contributed by atoms with E-state index in [-0.39, 0.29) is 48.7 Å². The van der Waals surface area contributed by atoms with Crippen LogP contribution in [0.1, 0.15) is 25.0 Å². The van der Waals surface area contributed by atoms with Crippen LogP contribution in [-0.4, -0.2) is 43.0 Å². The molecule has 0 saturated carbocycles. The molecule has 0 fully saturated rings. The number of ether oxygens (including phenoxy) is 1. The highest BCUT2D eigenvalue weighted by Gasteiger charge is 2.13. The molecule has 0 unspecified atom stereocenters. The fraction of sp³-hybridized carbons (Fsp3) is 0.364. The first kappa shape index (κ1) is 26.6. The Kier molecular flexibility index (Phi) is 12.5. The second-order valence-electron chi connectivity index (χ2n) is 6.43. The summed E-state index contributed by atoms with van der Waals surface area (Å²) in [5.41, 5.74) is 1.59. The number of hydrogen-bond donors (Lipinski definition) is 2. The minimum atomic E-state index is -2.90. The minimum absolute atomic E-state index is 0. The summed E-state index contributed by atoms with van der Waals surface area (Å²) in [5.74, 6) is 0.449. The second kappa shape index (κ2) is 14.6. The van der Waals surface area contributed by atoms with E-state index < -0.39 is 6.61 Å². The molecule has 0 saturated heterocycles. The Morgan fingerprint density at radius 2 is 1.74 bits per heavy atom. The fourth-order valence-corrected chi connectivity index (χ4v) is 2.80. The molecule has 0 aromatic heterocycles. The van der Waals surface area contributed by atoms with Crippen LogP contribution in [0.3, 0.4) is 0 Å². The average Bonchev–Trinajstić information content (AvgIpc) is 2.75. The van der Waals surface area contributed by atoms with Crippen LogP contribution in [0, 0.1) is 0 Å². The predicted molar refractivity (Wildman–Crippen MR) is 129 cm³/mol. The lowest BCUT2D eigenvalue weighted by atomic mass is 10.2. The van der Waals surface area contributed by atoms with Gasteiger partial charge in [-0.2, -0.15) is 8.78 Å². The number of para-hydroxylation sites is 1. The number of nitrogens with zero attached hydrogens (tertiary/aromatic N) is 2. The maximum atomic E-state index is 12.6. The Bertz CT molecular complexity index is 822. The Hall–Kier alpha value is -2.43. The summed E-state index contributed by atoms with van der Waals surface area (Å²) in [6, 6.07) is 16.3. The first-order valence-corrected chi connectivity index (χ1v) is 9.90. The Morgan fingerprint density at radius 1 is 1.06 bits per heavy atom. The van der Waals surface area contributed by atoms with Crippen molar-refractivity contribution in [1.29, 1.82) is 0 Å². The highest BCUT2D eigenvalue weighted by molar-refractivity contribution is 14.0. The number of carbonyl (C=O) groups excluding carboxylic acids is 1. The Labute approximate surface area is 199 Å². The number of aliphatic imine (C=N–C) groups is 1. The van der Waals surface area contributed by atoms with Crippen molar-refractivity contribution >= 4 is 35.8 Å². The van der Waals surface area contributed by atoms with Gasteiger partial charge >= 0.3 is 6.61 Å². The highest BCUT2D eigenvalue weighted by Crippen LogP contribution is 2.20. The molecule has 0 aliphatic carbocycles. The van der Waals surface area contributed by atoms with E-state index in [9.17, 15) is 13.6 Å². The van der Waals surface area contributed by atoms with Gasteiger partial charge in [-0.25, -0.2) is 4.99 Å². The van der Waals surface area contributed by atoms with Crippen LogP contribution in [0.2, 0.25) is 0 Å². The zero-order valence-electron chi connectivity index (χ0n) is 17.7. The molecule has 0 spiro atoms. The number of carbonyl (C=O) groups is 1. The molecule has 2 N–H and O–H groups in total. The number of likely N-dealkylation sites (N-methyl/N-ethyl adjacent to an activating group) is 1. The summed E-state index contributed by atoms with van der Waals surface area (Å²) in [7, 11) is 0. The number of nitrogens with one attached hydrogen (secondary N) is 2. The maximum absolute atomic E-state index is 12.6. The van der Waals surface area contributed by atoms with E-state index in [0.29, 0.717) is 31.2 Å². The zero-order chi connectivity index (χ0) is 21.8. The SMILES string of the molecule is CCNC(=NCc1ccccc1OC(F)F)NCC(=O)N(CC)Cc1ccccc1.I. The van der Waals surface area contributed by atoms with Crippen LogP contribution in [0.5, 0.6) is 5.75 Å². The van der Waals surface area contributed by atoms with Gasteiger partial charge in [0.1, 0.15) is 5.75 Å². The zero-order valence-corrected chi connectivity index (χ0v) is 20.0. The van der Waals surface area contributed by atoms with Gasteiger partial charge in [0.25, 0.3) is 0 Å². The summed E-state index contributed by atoms with van der Waals surface area (Å²) >= 11 is 0. The van der Waals surface area contributed by atoms with Crippen LogP contribution in [0.15, 0.2) is 59.6 Å². The van der Waals surface area contributed by atoms with Gasteiger partial charge in [0.2, 0.25) is 5.91 Å².